The van der Waals surface area contributed by atoms with Crippen molar-refractivity contribution >= 4 is 17.4 Å². The first kappa shape index (κ1) is 15.1. The van der Waals surface area contributed by atoms with E-state index in [0.29, 0.717) is 0 Å². The first-order valence-electron chi connectivity index (χ1n) is 7.04. The molecule has 1 amide bonds. The van der Waals surface area contributed by atoms with Crippen LogP contribution in [0.5, 0.6) is 0 Å². The van der Waals surface area contributed by atoms with Crippen molar-refractivity contribution in [1.29, 1.82) is 5.26 Å². The van der Waals surface area contributed by atoms with Crippen LogP contribution in [0.25, 0.3) is 5.57 Å². The van der Waals surface area contributed by atoms with Crippen molar-refractivity contribution in [3.63, 3.8) is 0 Å². The summed E-state index contributed by atoms with van der Waals surface area (Å²) >= 11 is 0. The molecule has 0 N–H and O–H groups in total. The molecule has 1 aliphatic heterocycles. The normalized spacial score (nSPS) is 19.3. The molecule has 0 aliphatic carbocycles. The Morgan fingerprint density at radius 1 is 1.43 bits per heavy atom. The second kappa shape index (κ2) is 5.61. The third-order valence-corrected chi connectivity index (χ3v) is 3.33. The van der Waals surface area contributed by atoms with E-state index in [0.717, 1.165) is 16.8 Å². The molecule has 2 rings (SSSR count). The third-order valence-electron chi connectivity index (χ3n) is 3.33. The molecule has 0 saturated heterocycles. The van der Waals surface area contributed by atoms with E-state index in [2.05, 4.69) is 6.07 Å². The van der Waals surface area contributed by atoms with Gasteiger partial charge in [-0.3, -0.25) is 4.90 Å². The summed E-state index contributed by atoms with van der Waals surface area (Å²) in [4.78, 5) is 14.1. The molecule has 0 aromatic heterocycles. The molecule has 1 unspecified atom stereocenters. The molecule has 0 bridgehead atoms. The summed E-state index contributed by atoms with van der Waals surface area (Å²) in [5, 5.41) is 9.10. The van der Waals surface area contributed by atoms with Crippen molar-refractivity contribution in [2.24, 2.45) is 0 Å². The molecular formula is C17H20N2O2. The second-order valence-corrected chi connectivity index (χ2v) is 5.99. The van der Waals surface area contributed by atoms with Gasteiger partial charge >= 0.3 is 6.09 Å². The Morgan fingerprint density at radius 2 is 2.10 bits per heavy atom. The summed E-state index contributed by atoms with van der Waals surface area (Å²) in [6.07, 6.45) is 1.80. The molecule has 0 saturated carbocycles. The van der Waals surface area contributed by atoms with Gasteiger partial charge < -0.3 is 4.74 Å². The van der Waals surface area contributed by atoms with Crippen LogP contribution in [0.3, 0.4) is 0 Å². The fraction of sp³-hybridized carbons (Fsp3) is 0.412. The molecular weight excluding hydrogens is 264 g/mol. The van der Waals surface area contributed by atoms with Gasteiger partial charge in [-0.1, -0.05) is 24.3 Å². The molecule has 4 nitrogen and oxygen atoms in total. The van der Waals surface area contributed by atoms with Gasteiger partial charge in [-0.25, -0.2) is 4.79 Å². The lowest BCUT2D eigenvalue weighted by atomic mass is 10.0. The van der Waals surface area contributed by atoms with Crippen LogP contribution in [-0.4, -0.2) is 17.7 Å². The summed E-state index contributed by atoms with van der Waals surface area (Å²) in [6.45, 7) is 7.43. The highest BCUT2D eigenvalue weighted by atomic mass is 16.6. The van der Waals surface area contributed by atoms with Gasteiger partial charge in [-0.15, -0.1) is 0 Å². The number of rotatable bonds is 1. The van der Waals surface area contributed by atoms with E-state index in [-0.39, 0.29) is 12.5 Å². The Morgan fingerprint density at radius 3 is 2.67 bits per heavy atom. The number of nitriles is 1. The number of amides is 1. The number of fused-ring (bicyclic) bond motifs is 1. The predicted molar refractivity (Wildman–Crippen MR) is 82.8 cm³/mol. The average molecular weight is 284 g/mol. The van der Waals surface area contributed by atoms with Gasteiger partial charge in [0.05, 0.1) is 24.2 Å². The fourth-order valence-electron chi connectivity index (χ4n) is 2.59. The van der Waals surface area contributed by atoms with Crippen LogP contribution >= 0.6 is 0 Å². The highest BCUT2D eigenvalue weighted by molar-refractivity contribution is 6.01. The lowest BCUT2D eigenvalue weighted by molar-refractivity contribution is 0.0575. The number of ether oxygens (including phenoxy) is 1. The van der Waals surface area contributed by atoms with Gasteiger partial charge in [0.15, 0.2) is 0 Å². The molecule has 0 radical (unpaired) electrons. The lowest BCUT2D eigenvalue weighted by Crippen LogP contribution is -2.41. The maximum Gasteiger partial charge on any atom is 0.415 e. The van der Waals surface area contributed by atoms with Gasteiger partial charge in [0.1, 0.15) is 5.60 Å². The maximum absolute atomic E-state index is 12.5. The molecule has 1 aromatic rings. The minimum atomic E-state index is -0.568. The van der Waals surface area contributed by atoms with E-state index < -0.39 is 11.7 Å². The topological polar surface area (TPSA) is 53.3 Å². The quantitative estimate of drug-likeness (QED) is 0.779. The summed E-state index contributed by atoms with van der Waals surface area (Å²) in [6, 6.07) is 9.56. The number of hydrogen-bond donors (Lipinski definition) is 0. The first-order chi connectivity index (χ1) is 9.89. The average Bonchev–Trinajstić information content (AvgIpc) is 2.70. The Hall–Kier alpha value is -2.28. The highest BCUT2D eigenvalue weighted by Crippen LogP contribution is 2.42. The van der Waals surface area contributed by atoms with Crippen LogP contribution in [0.1, 0.15) is 39.7 Å². The number of carbonyl (C=O) groups is 1. The second-order valence-electron chi connectivity index (χ2n) is 5.99. The zero-order chi connectivity index (χ0) is 15.6. The molecule has 0 spiro atoms. The SMILES string of the molecule is C/C=C1\c2ccccc2N(C(=O)OC(C)(C)C)C1CC#N. The Kier molecular flexibility index (Phi) is 4.04. The van der Waals surface area contributed by atoms with Crippen LogP contribution in [-0.2, 0) is 4.74 Å². The standard InChI is InChI=1S/C17H20N2O2/c1-5-12-13-8-6-7-9-14(13)19(15(12)10-11-18)16(20)21-17(2,3)4/h5-9,15H,10H2,1-4H3/b12-5+. The fourth-order valence-corrected chi connectivity index (χ4v) is 2.59. The summed E-state index contributed by atoms with van der Waals surface area (Å²) < 4.78 is 5.50. The van der Waals surface area contributed by atoms with Crippen LogP contribution in [0.2, 0.25) is 0 Å². The van der Waals surface area contributed by atoms with Crippen molar-refractivity contribution in [2.75, 3.05) is 4.90 Å². The Bertz CT molecular complexity index is 620. The smallest absolute Gasteiger partial charge is 0.415 e. The van der Waals surface area contributed by atoms with E-state index in [1.165, 1.54) is 0 Å². The monoisotopic (exact) mass is 284 g/mol. The van der Waals surface area contributed by atoms with Gasteiger partial charge in [-0.05, 0) is 39.3 Å². The van der Waals surface area contributed by atoms with E-state index in [1.54, 1.807) is 4.90 Å². The number of hydrogen-bond acceptors (Lipinski definition) is 3. The maximum atomic E-state index is 12.5. The third kappa shape index (κ3) is 2.92. The zero-order valence-electron chi connectivity index (χ0n) is 12.9. The van der Waals surface area contributed by atoms with E-state index in [9.17, 15) is 4.79 Å². The van der Waals surface area contributed by atoms with E-state index in [4.69, 9.17) is 10.00 Å². The van der Waals surface area contributed by atoms with Crippen LogP contribution < -0.4 is 4.90 Å². The number of nitrogens with zero attached hydrogens (tertiary/aromatic N) is 2. The van der Waals surface area contributed by atoms with Crippen LogP contribution in [0.4, 0.5) is 10.5 Å². The van der Waals surface area contributed by atoms with Gasteiger partial charge in [-0.2, -0.15) is 5.26 Å². The highest BCUT2D eigenvalue weighted by Gasteiger charge is 2.39. The van der Waals surface area contributed by atoms with Crippen molar-refractivity contribution in [3.8, 4) is 6.07 Å². The zero-order valence-corrected chi connectivity index (χ0v) is 12.9. The molecule has 21 heavy (non-hydrogen) atoms. The van der Waals surface area contributed by atoms with Crippen molar-refractivity contribution < 1.29 is 9.53 Å². The largest absolute Gasteiger partial charge is 0.443 e. The lowest BCUT2D eigenvalue weighted by Gasteiger charge is -2.28. The molecule has 1 heterocycles. The van der Waals surface area contributed by atoms with Crippen molar-refractivity contribution in [2.45, 2.75) is 45.8 Å². The molecule has 4 heteroatoms. The number of carbonyl (C=O) groups excluding carboxylic acids is 1. The van der Waals surface area contributed by atoms with E-state index >= 15 is 0 Å². The molecule has 1 aliphatic rings. The summed E-state index contributed by atoms with van der Waals surface area (Å²) in [7, 11) is 0. The Labute approximate surface area is 125 Å². The van der Waals surface area contributed by atoms with Gasteiger partial charge in [0, 0.05) is 5.56 Å². The van der Waals surface area contributed by atoms with Gasteiger partial charge in [0.2, 0.25) is 0 Å². The van der Waals surface area contributed by atoms with Crippen LogP contribution in [0, 0.1) is 11.3 Å². The van der Waals surface area contributed by atoms with Crippen molar-refractivity contribution in [1.82, 2.24) is 0 Å². The molecule has 0 fully saturated rings. The molecule has 110 valence electrons. The van der Waals surface area contributed by atoms with Crippen molar-refractivity contribution in [3.05, 3.63) is 35.9 Å². The minimum absolute atomic E-state index is 0.244. The number of para-hydroxylation sites is 1. The van der Waals surface area contributed by atoms with Gasteiger partial charge in [0.25, 0.3) is 0 Å². The predicted octanol–water partition coefficient (Wildman–Crippen LogP) is 4.13. The number of allylic oxidation sites excluding steroid dienone is 1. The number of benzene rings is 1. The molecule has 1 aromatic carbocycles. The first-order valence-corrected chi connectivity index (χ1v) is 7.04. The minimum Gasteiger partial charge on any atom is -0.443 e. The summed E-state index contributed by atoms with van der Waals surface area (Å²) in [5.74, 6) is 0. The molecule has 1 atom stereocenters. The Balaban J connectivity index is 2.47. The van der Waals surface area contributed by atoms with Crippen LogP contribution in [0.15, 0.2) is 30.3 Å². The van der Waals surface area contributed by atoms with E-state index in [1.807, 2.05) is 58.0 Å². The summed E-state index contributed by atoms with van der Waals surface area (Å²) in [5.41, 5.74) is 2.23. The number of anilines is 1.